The Hall–Kier alpha value is -1.75. The fourth-order valence-corrected chi connectivity index (χ4v) is 2.48. The van der Waals surface area contributed by atoms with E-state index in [0.717, 1.165) is 25.1 Å². The zero-order valence-electron chi connectivity index (χ0n) is 11.3. The van der Waals surface area contributed by atoms with Crippen LogP contribution in [0.5, 0.6) is 11.5 Å². The van der Waals surface area contributed by atoms with Crippen LogP contribution in [0.1, 0.15) is 18.9 Å². The Morgan fingerprint density at radius 1 is 1.58 bits per heavy atom. The van der Waals surface area contributed by atoms with E-state index in [-0.39, 0.29) is 17.7 Å². The Morgan fingerprint density at radius 3 is 3.05 bits per heavy atom. The summed E-state index contributed by atoms with van der Waals surface area (Å²) in [4.78, 5) is 13.2. The van der Waals surface area contributed by atoms with Gasteiger partial charge in [0, 0.05) is 38.2 Å². The maximum atomic E-state index is 11.0. The Balaban J connectivity index is 1.97. The number of amides is 1. The van der Waals surface area contributed by atoms with E-state index in [1.165, 1.54) is 6.92 Å². The summed E-state index contributed by atoms with van der Waals surface area (Å²) in [6.45, 7) is 3.94. The topological polar surface area (TPSA) is 61.8 Å². The number of phenols is 1. The zero-order valence-corrected chi connectivity index (χ0v) is 11.3. The molecule has 1 aromatic carbocycles. The highest BCUT2D eigenvalue weighted by Crippen LogP contribution is 2.30. The molecule has 1 atom stereocenters. The van der Waals surface area contributed by atoms with Gasteiger partial charge in [-0.05, 0) is 12.5 Å². The van der Waals surface area contributed by atoms with Gasteiger partial charge < -0.3 is 15.2 Å². The molecule has 104 valence electrons. The summed E-state index contributed by atoms with van der Waals surface area (Å²) in [7, 11) is 1.54. The standard InChI is InChI=1S/C14H20N2O3/c1-10(17)15-12-6-7-16(9-12)8-11-4-3-5-13(19-2)14(11)18/h3-5,12,18H,6-9H2,1-2H3,(H,15,17). The second kappa shape index (κ2) is 5.93. The summed E-state index contributed by atoms with van der Waals surface area (Å²) in [5.74, 6) is 0.708. The van der Waals surface area contributed by atoms with Gasteiger partial charge in [0.1, 0.15) is 0 Å². The molecule has 2 rings (SSSR count). The SMILES string of the molecule is COc1cccc(CN2CCC(NC(C)=O)C2)c1O. The van der Waals surface area contributed by atoms with Gasteiger partial charge in [0.15, 0.2) is 11.5 Å². The lowest BCUT2D eigenvalue weighted by Crippen LogP contribution is -2.35. The molecule has 1 unspecified atom stereocenters. The van der Waals surface area contributed by atoms with Crippen LogP contribution in [-0.4, -0.2) is 42.2 Å². The summed E-state index contributed by atoms with van der Waals surface area (Å²) in [5, 5.41) is 13.0. The predicted molar refractivity (Wildman–Crippen MR) is 72.2 cm³/mol. The van der Waals surface area contributed by atoms with Crippen LogP contribution in [0, 0.1) is 0 Å². The second-order valence-electron chi connectivity index (χ2n) is 4.89. The van der Waals surface area contributed by atoms with Crippen LogP contribution in [-0.2, 0) is 11.3 Å². The van der Waals surface area contributed by atoms with Crippen molar-refractivity contribution in [2.75, 3.05) is 20.2 Å². The van der Waals surface area contributed by atoms with Crippen LogP contribution in [0.3, 0.4) is 0 Å². The van der Waals surface area contributed by atoms with Gasteiger partial charge >= 0.3 is 0 Å². The molecule has 1 aliphatic rings. The number of nitrogens with zero attached hydrogens (tertiary/aromatic N) is 1. The van der Waals surface area contributed by atoms with Gasteiger partial charge in [-0.1, -0.05) is 12.1 Å². The highest BCUT2D eigenvalue weighted by atomic mass is 16.5. The highest BCUT2D eigenvalue weighted by molar-refractivity contribution is 5.73. The van der Waals surface area contributed by atoms with Crippen molar-refractivity contribution in [1.29, 1.82) is 0 Å². The molecule has 1 amide bonds. The third kappa shape index (κ3) is 3.38. The number of hydrogen-bond acceptors (Lipinski definition) is 4. The minimum Gasteiger partial charge on any atom is -0.504 e. The molecule has 0 bridgehead atoms. The van der Waals surface area contributed by atoms with Crippen LogP contribution < -0.4 is 10.1 Å². The van der Waals surface area contributed by atoms with E-state index < -0.39 is 0 Å². The van der Waals surface area contributed by atoms with Gasteiger partial charge in [0.2, 0.25) is 5.91 Å². The van der Waals surface area contributed by atoms with Crippen molar-refractivity contribution in [3.05, 3.63) is 23.8 Å². The first-order chi connectivity index (χ1) is 9.10. The normalized spacial score (nSPS) is 19.4. The van der Waals surface area contributed by atoms with Gasteiger partial charge in [-0.3, -0.25) is 9.69 Å². The number of carbonyl (C=O) groups excluding carboxylic acids is 1. The first-order valence-corrected chi connectivity index (χ1v) is 6.44. The van der Waals surface area contributed by atoms with Crippen molar-refractivity contribution < 1.29 is 14.6 Å². The molecule has 0 aliphatic carbocycles. The average Bonchev–Trinajstić information content (AvgIpc) is 2.78. The maximum Gasteiger partial charge on any atom is 0.217 e. The summed E-state index contributed by atoms with van der Waals surface area (Å²) in [6, 6.07) is 5.71. The lowest BCUT2D eigenvalue weighted by atomic mass is 10.1. The minimum atomic E-state index is 0.0103. The Morgan fingerprint density at radius 2 is 2.37 bits per heavy atom. The molecule has 1 fully saturated rings. The molecule has 5 nitrogen and oxygen atoms in total. The van der Waals surface area contributed by atoms with E-state index >= 15 is 0 Å². The number of carbonyl (C=O) groups is 1. The third-order valence-electron chi connectivity index (χ3n) is 3.38. The maximum absolute atomic E-state index is 11.0. The van der Waals surface area contributed by atoms with Gasteiger partial charge in [0.05, 0.1) is 7.11 Å². The second-order valence-corrected chi connectivity index (χ2v) is 4.89. The molecule has 19 heavy (non-hydrogen) atoms. The minimum absolute atomic E-state index is 0.0103. The number of methoxy groups -OCH3 is 1. The van der Waals surface area contributed by atoms with Crippen LogP contribution >= 0.6 is 0 Å². The van der Waals surface area contributed by atoms with Crippen LogP contribution in [0.15, 0.2) is 18.2 Å². The van der Waals surface area contributed by atoms with Crippen LogP contribution in [0.2, 0.25) is 0 Å². The largest absolute Gasteiger partial charge is 0.504 e. The van der Waals surface area contributed by atoms with E-state index in [4.69, 9.17) is 4.74 Å². The molecule has 1 heterocycles. The number of phenolic OH excluding ortho intramolecular Hbond substituents is 1. The number of aromatic hydroxyl groups is 1. The van der Waals surface area contributed by atoms with E-state index in [1.807, 2.05) is 12.1 Å². The van der Waals surface area contributed by atoms with E-state index in [1.54, 1.807) is 13.2 Å². The third-order valence-corrected chi connectivity index (χ3v) is 3.38. The lowest BCUT2D eigenvalue weighted by molar-refractivity contribution is -0.119. The van der Waals surface area contributed by atoms with Gasteiger partial charge in [-0.25, -0.2) is 0 Å². The Labute approximate surface area is 113 Å². The number of rotatable bonds is 4. The fourth-order valence-electron chi connectivity index (χ4n) is 2.48. The zero-order chi connectivity index (χ0) is 13.8. The molecule has 5 heteroatoms. The van der Waals surface area contributed by atoms with Crippen LogP contribution in [0.25, 0.3) is 0 Å². The summed E-state index contributed by atoms with van der Waals surface area (Å²) in [6.07, 6.45) is 0.949. The van der Waals surface area contributed by atoms with Crippen molar-refractivity contribution in [3.63, 3.8) is 0 Å². The number of nitrogens with one attached hydrogen (secondary N) is 1. The average molecular weight is 264 g/mol. The predicted octanol–water partition coefficient (Wildman–Crippen LogP) is 1.11. The molecule has 1 aliphatic heterocycles. The fraction of sp³-hybridized carbons (Fsp3) is 0.500. The molecule has 0 aromatic heterocycles. The van der Waals surface area contributed by atoms with Crippen molar-refractivity contribution in [2.45, 2.75) is 25.9 Å². The van der Waals surface area contributed by atoms with E-state index in [0.29, 0.717) is 12.3 Å². The smallest absolute Gasteiger partial charge is 0.217 e. The lowest BCUT2D eigenvalue weighted by Gasteiger charge is -2.17. The molecule has 1 aromatic rings. The molecule has 1 saturated heterocycles. The Kier molecular flexibility index (Phi) is 4.27. The number of para-hydroxylation sites is 1. The number of benzene rings is 1. The highest BCUT2D eigenvalue weighted by Gasteiger charge is 2.23. The van der Waals surface area contributed by atoms with Crippen molar-refractivity contribution >= 4 is 5.91 Å². The van der Waals surface area contributed by atoms with Crippen LogP contribution in [0.4, 0.5) is 0 Å². The van der Waals surface area contributed by atoms with Gasteiger partial charge in [0.25, 0.3) is 0 Å². The summed E-state index contributed by atoms with van der Waals surface area (Å²) >= 11 is 0. The molecule has 0 radical (unpaired) electrons. The Bertz CT molecular complexity index is 462. The van der Waals surface area contributed by atoms with Gasteiger partial charge in [-0.15, -0.1) is 0 Å². The quantitative estimate of drug-likeness (QED) is 0.855. The van der Waals surface area contributed by atoms with E-state index in [2.05, 4.69) is 10.2 Å². The molecular weight excluding hydrogens is 244 g/mol. The number of hydrogen-bond donors (Lipinski definition) is 2. The molecule has 0 saturated carbocycles. The number of likely N-dealkylation sites (tertiary alicyclic amines) is 1. The molecule has 0 spiro atoms. The van der Waals surface area contributed by atoms with Crippen molar-refractivity contribution in [1.82, 2.24) is 10.2 Å². The molecule has 2 N–H and O–H groups in total. The monoisotopic (exact) mass is 264 g/mol. The van der Waals surface area contributed by atoms with Crippen molar-refractivity contribution in [2.24, 2.45) is 0 Å². The first-order valence-electron chi connectivity index (χ1n) is 6.44. The summed E-state index contributed by atoms with van der Waals surface area (Å²) < 4.78 is 5.10. The number of ether oxygens (including phenoxy) is 1. The first kappa shape index (κ1) is 13.7. The molecular formula is C14H20N2O3. The van der Waals surface area contributed by atoms with Crippen molar-refractivity contribution in [3.8, 4) is 11.5 Å². The summed E-state index contributed by atoms with van der Waals surface area (Å²) in [5.41, 5.74) is 0.850. The van der Waals surface area contributed by atoms with Gasteiger partial charge in [-0.2, -0.15) is 0 Å². The van der Waals surface area contributed by atoms with E-state index in [9.17, 15) is 9.90 Å².